The Hall–Kier alpha value is -2.97. The van der Waals surface area contributed by atoms with Gasteiger partial charge >= 0.3 is 17.9 Å². The standard InChI is InChI=1S/C15H18N2O7/c1-8(14(21)23-3)17(9(2)15(22)24-4)12(18)11-7-10(13(19)20)5-6-16-11/h5-9H,1-4H3,(H,19,20). The lowest BCUT2D eigenvalue weighted by Gasteiger charge is -2.31. The molecule has 24 heavy (non-hydrogen) atoms. The smallest absolute Gasteiger partial charge is 0.335 e. The average Bonchev–Trinajstić information content (AvgIpc) is 2.59. The Morgan fingerprint density at radius 3 is 2.00 bits per heavy atom. The van der Waals surface area contributed by atoms with Crippen molar-refractivity contribution in [2.45, 2.75) is 25.9 Å². The van der Waals surface area contributed by atoms with Crippen LogP contribution in [0.5, 0.6) is 0 Å². The van der Waals surface area contributed by atoms with Crippen LogP contribution in [0.15, 0.2) is 18.3 Å². The van der Waals surface area contributed by atoms with E-state index in [-0.39, 0.29) is 11.3 Å². The summed E-state index contributed by atoms with van der Waals surface area (Å²) in [6.07, 6.45) is 1.15. The molecule has 1 aromatic rings. The first kappa shape index (κ1) is 19.1. The number of carbonyl (C=O) groups excluding carboxylic acids is 3. The quantitative estimate of drug-likeness (QED) is 0.737. The third-order valence-electron chi connectivity index (χ3n) is 3.38. The van der Waals surface area contributed by atoms with Crippen molar-refractivity contribution in [2.75, 3.05) is 14.2 Å². The number of methoxy groups -OCH3 is 2. The maximum atomic E-state index is 12.7. The zero-order valence-corrected chi connectivity index (χ0v) is 13.7. The summed E-state index contributed by atoms with van der Waals surface area (Å²) < 4.78 is 9.21. The summed E-state index contributed by atoms with van der Waals surface area (Å²) in [4.78, 5) is 52.1. The van der Waals surface area contributed by atoms with Crippen LogP contribution in [-0.2, 0) is 19.1 Å². The molecular formula is C15H18N2O7. The lowest BCUT2D eigenvalue weighted by Crippen LogP contribution is -2.52. The van der Waals surface area contributed by atoms with Crippen LogP contribution in [0.1, 0.15) is 34.7 Å². The zero-order valence-electron chi connectivity index (χ0n) is 13.7. The maximum absolute atomic E-state index is 12.7. The molecule has 0 aliphatic heterocycles. The third kappa shape index (κ3) is 4.06. The van der Waals surface area contributed by atoms with Crippen LogP contribution in [0.25, 0.3) is 0 Å². The van der Waals surface area contributed by atoms with Gasteiger partial charge in [-0.15, -0.1) is 0 Å². The SMILES string of the molecule is COC(=O)C(C)N(C(=O)c1cc(C(=O)O)ccn1)C(C)C(=O)OC. The first-order chi connectivity index (χ1) is 11.2. The fourth-order valence-electron chi connectivity index (χ4n) is 2.07. The van der Waals surface area contributed by atoms with Gasteiger partial charge < -0.3 is 19.5 Å². The molecule has 0 aliphatic rings. The number of nitrogens with zero attached hydrogens (tertiary/aromatic N) is 2. The van der Waals surface area contributed by atoms with Crippen molar-refractivity contribution in [3.05, 3.63) is 29.6 Å². The van der Waals surface area contributed by atoms with E-state index in [0.717, 1.165) is 31.4 Å². The van der Waals surface area contributed by atoms with Gasteiger partial charge in [-0.1, -0.05) is 0 Å². The Bertz CT molecular complexity index is 637. The largest absolute Gasteiger partial charge is 0.478 e. The van der Waals surface area contributed by atoms with Crippen LogP contribution in [-0.4, -0.2) is 65.1 Å². The highest BCUT2D eigenvalue weighted by Crippen LogP contribution is 2.14. The van der Waals surface area contributed by atoms with Gasteiger partial charge in [-0.25, -0.2) is 14.4 Å². The van der Waals surface area contributed by atoms with E-state index in [1.807, 2.05) is 0 Å². The van der Waals surface area contributed by atoms with Gasteiger partial charge in [0, 0.05) is 6.20 Å². The van der Waals surface area contributed by atoms with E-state index in [4.69, 9.17) is 5.11 Å². The fourth-order valence-corrected chi connectivity index (χ4v) is 2.07. The molecule has 1 aromatic heterocycles. The summed E-state index contributed by atoms with van der Waals surface area (Å²) in [7, 11) is 2.29. The Balaban J connectivity index is 3.30. The molecule has 0 aliphatic carbocycles. The molecule has 1 amide bonds. The number of aromatic nitrogens is 1. The molecule has 130 valence electrons. The van der Waals surface area contributed by atoms with Crippen molar-refractivity contribution >= 4 is 23.8 Å². The second-order valence-corrected chi connectivity index (χ2v) is 4.85. The van der Waals surface area contributed by atoms with E-state index in [0.29, 0.717) is 0 Å². The summed E-state index contributed by atoms with van der Waals surface area (Å²) in [6.45, 7) is 2.76. The van der Waals surface area contributed by atoms with Crippen molar-refractivity contribution < 1.29 is 33.8 Å². The van der Waals surface area contributed by atoms with Crippen LogP contribution >= 0.6 is 0 Å². The fraction of sp³-hybridized carbons (Fsp3) is 0.400. The number of carbonyl (C=O) groups is 4. The van der Waals surface area contributed by atoms with Gasteiger partial charge in [0.2, 0.25) is 0 Å². The van der Waals surface area contributed by atoms with Gasteiger partial charge in [-0.2, -0.15) is 0 Å². The van der Waals surface area contributed by atoms with E-state index < -0.39 is 35.9 Å². The number of ether oxygens (including phenoxy) is 2. The molecule has 0 spiro atoms. The van der Waals surface area contributed by atoms with Crippen molar-refractivity contribution in [3.8, 4) is 0 Å². The van der Waals surface area contributed by atoms with Crippen LogP contribution in [0.2, 0.25) is 0 Å². The summed E-state index contributed by atoms with van der Waals surface area (Å²) in [5, 5.41) is 9.00. The molecular weight excluding hydrogens is 320 g/mol. The molecule has 0 bridgehead atoms. The number of hydrogen-bond acceptors (Lipinski definition) is 7. The monoisotopic (exact) mass is 338 g/mol. The van der Waals surface area contributed by atoms with Crippen molar-refractivity contribution in [1.82, 2.24) is 9.88 Å². The van der Waals surface area contributed by atoms with Gasteiger partial charge in [0.05, 0.1) is 19.8 Å². The molecule has 2 atom stereocenters. The van der Waals surface area contributed by atoms with Crippen molar-refractivity contribution in [2.24, 2.45) is 0 Å². The van der Waals surface area contributed by atoms with Crippen molar-refractivity contribution in [1.29, 1.82) is 0 Å². The summed E-state index contributed by atoms with van der Waals surface area (Å²) in [5.41, 5.74) is -0.369. The van der Waals surface area contributed by atoms with Gasteiger partial charge in [0.25, 0.3) is 5.91 Å². The van der Waals surface area contributed by atoms with Gasteiger partial charge in [0.1, 0.15) is 17.8 Å². The number of rotatable bonds is 6. The minimum atomic E-state index is -1.24. The molecule has 0 radical (unpaired) electrons. The summed E-state index contributed by atoms with van der Waals surface area (Å²) in [6, 6.07) is 0.0709. The predicted molar refractivity (Wildman–Crippen MR) is 80.3 cm³/mol. The molecule has 2 unspecified atom stereocenters. The highest BCUT2D eigenvalue weighted by atomic mass is 16.5. The lowest BCUT2D eigenvalue weighted by atomic mass is 10.1. The second kappa shape index (κ2) is 8.04. The van der Waals surface area contributed by atoms with Crippen molar-refractivity contribution in [3.63, 3.8) is 0 Å². The molecule has 1 N–H and O–H groups in total. The molecule has 9 nitrogen and oxygen atoms in total. The third-order valence-corrected chi connectivity index (χ3v) is 3.38. The molecule has 0 saturated heterocycles. The Morgan fingerprint density at radius 1 is 1.08 bits per heavy atom. The number of carboxylic acid groups (broad SMARTS) is 1. The lowest BCUT2D eigenvalue weighted by molar-refractivity contribution is -0.151. The average molecular weight is 338 g/mol. The number of amides is 1. The number of pyridine rings is 1. The van der Waals surface area contributed by atoms with E-state index in [1.54, 1.807) is 0 Å². The number of aromatic carboxylic acids is 1. The Labute approximate surface area is 138 Å². The number of carboxylic acids is 1. The van der Waals surface area contributed by atoms with Gasteiger partial charge in [-0.3, -0.25) is 9.78 Å². The normalized spacial score (nSPS) is 12.7. The molecule has 9 heteroatoms. The zero-order chi connectivity index (χ0) is 18.4. The molecule has 0 saturated carbocycles. The molecule has 0 aromatic carbocycles. The second-order valence-electron chi connectivity index (χ2n) is 4.85. The van der Waals surface area contributed by atoms with Crippen LogP contribution < -0.4 is 0 Å². The Morgan fingerprint density at radius 2 is 1.58 bits per heavy atom. The Kier molecular flexibility index (Phi) is 6.39. The summed E-state index contributed by atoms with van der Waals surface area (Å²) in [5.74, 6) is -3.52. The topological polar surface area (TPSA) is 123 Å². The van der Waals surface area contributed by atoms with E-state index in [2.05, 4.69) is 14.5 Å². The first-order valence-electron chi connectivity index (χ1n) is 6.92. The van der Waals surface area contributed by atoms with E-state index in [9.17, 15) is 19.2 Å². The molecule has 1 rings (SSSR count). The van der Waals surface area contributed by atoms with Crippen LogP contribution in [0.4, 0.5) is 0 Å². The number of esters is 2. The maximum Gasteiger partial charge on any atom is 0.335 e. The minimum absolute atomic E-state index is 0.148. The predicted octanol–water partition coefficient (Wildman–Crippen LogP) is 0.345. The minimum Gasteiger partial charge on any atom is -0.478 e. The van der Waals surface area contributed by atoms with Gasteiger partial charge in [-0.05, 0) is 26.0 Å². The van der Waals surface area contributed by atoms with E-state index >= 15 is 0 Å². The first-order valence-corrected chi connectivity index (χ1v) is 6.92. The van der Waals surface area contributed by atoms with E-state index in [1.165, 1.54) is 19.9 Å². The number of hydrogen-bond donors (Lipinski definition) is 1. The van der Waals surface area contributed by atoms with Crippen LogP contribution in [0, 0.1) is 0 Å². The summed E-state index contributed by atoms with van der Waals surface area (Å²) >= 11 is 0. The molecule has 0 fully saturated rings. The highest BCUT2D eigenvalue weighted by molar-refractivity contribution is 5.99. The van der Waals surface area contributed by atoms with Crippen LogP contribution in [0.3, 0.4) is 0 Å². The highest BCUT2D eigenvalue weighted by Gasteiger charge is 2.36. The molecule has 1 heterocycles. The van der Waals surface area contributed by atoms with Gasteiger partial charge in [0.15, 0.2) is 0 Å².